The summed E-state index contributed by atoms with van der Waals surface area (Å²) in [6, 6.07) is 0. The lowest BCUT2D eigenvalue weighted by molar-refractivity contribution is 0.208. The van der Waals surface area contributed by atoms with Crippen LogP contribution in [0.25, 0.3) is 0 Å². The van der Waals surface area contributed by atoms with Crippen LogP contribution in [0.5, 0.6) is 0 Å². The van der Waals surface area contributed by atoms with Crippen molar-refractivity contribution in [2.75, 3.05) is 26.2 Å². The Labute approximate surface area is 82.5 Å². The second kappa shape index (κ2) is 6.39. The molecule has 0 radical (unpaired) electrons. The zero-order valence-corrected chi connectivity index (χ0v) is 8.97. The van der Waals surface area contributed by atoms with Crippen LogP contribution in [0, 0.1) is 5.92 Å². The first-order valence-electron chi connectivity index (χ1n) is 5.75. The highest BCUT2D eigenvalue weighted by molar-refractivity contribution is 4.67. The lowest BCUT2D eigenvalue weighted by Gasteiger charge is -2.27. The molecule has 1 atom stereocenters. The van der Waals surface area contributed by atoms with Gasteiger partial charge >= 0.3 is 0 Å². The van der Waals surface area contributed by atoms with Gasteiger partial charge < -0.3 is 10.6 Å². The monoisotopic (exact) mass is 184 g/mol. The maximum absolute atomic E-state index is 5.52. The Morgan fingerprint density at radius 3 is 2.92 bits per heavy atom. The van der Waals surface area contributed by atoms with Crippen LogP contribution < -0.4 is 5.73 Å². The molecule has 0 aromatic heterocycles. The van der Waals surface area contributed by atoms with Crippen molar-refractivity contribution in [1.29, 1.82) is 0 Å². The van der Waals surface area contributed by atoms with Crippen molar-refractivity contribution in [3.05, 3.63) is 0 Å². The van der Waals surface area contributed by atoms with E-state index in [2.05, 4.69) is 11.8 Å². The lowest BCUT2D eigenvalue weighted by atomic mass is 10.00. The van der Waals surface area contributed by atoms with Crippen LogP contribution in [0.2, 0.25) is 0 Å². The highest BCUT2D eigenvalue weighted by atomic mass is 15.1. The molecule has 0 bridgehead atoms. The smallest absolute Gasteiger partial charge is 0.000703 e. The lowest BCUT2D eigenvalue weighted by Crippen LogP contribution is -2.32. The van der Waals surface area contributed by atoms with Crippen molar-refractivity contribution in [3.63, 3.8) is 0 Å². The van der Waals surface area contributed by atoms with Gasteiger partial charge in [0.05, 0.1) is 0 Å². The van der Waals surface area contributed by atoms with Crippen molar-refractivity contribution in [1.82, 2.24) is 4.90 Å². The van der Waals surface area contributed by atoms with E-state index >= 15 is 0 Å². The second-order valence-corrected chi connectivity index (χ2v) is 4.40. The van der Waals surface area contributed by atoms with Gasteiger partial charge in [-0.25, -0.2) is 0 Å². The number of hydrogen-bond donors (Lipinski definition) is 1. The van der Waals surface area contributed by atoms with Gasteiger partial charge in [0.2, 0.25) is 0 Å². The van der Waals surface area contributed by atoms with Crippen molar-refractivity contribution in [2.45, 2.75) is 39.0 Å². The fourth-order valence-electron chi connectivity index (χ4n) is 2.15. The van der Waals surface area contributed by atoms with Gasteiger partial charge in [-0.1, -0.05) is 19.8 Å². The highest BCUT2D eigenvalue weighted by Crippen LogP contribution is 2.15. The van der Waals surface area contributed by atoms with Crippen LogP contribution >= 0.6 is 0 Å². The maximum atomic E-state index is 5.52. The zero-order valence-electron chi connectivity index (χ0n) is 8.97. The topological polar surface area (TPSA) is 29.3 Å². The summed E-state index contributed by atoms with van der Waals surface area (Å²) in [6.45, 7) is 7.01. The van der Waals surface area contributed by atoms with E-state index in [-0.39, 0.29) is 0 Å². The molecule has 1 rings (SSSR count). The zero-order chi connectivity index (χ0) is 9.52. The molecule has 78 valence electrons. The minimum absolute atomic E-state index is 0.838. The van der Waals surface area contributed by atoms with Gasteiger partial charge in [0, 0.05) is 6.54 Å². The summed E-state index contributed by atoms with van der Waals surface area (Å²) < 4.78 is 0. The van der Waals surface area contributed by atoms with Gasteiger partial charge in [-0.3, -0.25) is 0 Å². The van der Waals surface area contributed by atoms with Crippen LogP contribution in [-0.4, -0.2) is 31.1 Å². The van der Waals surface area contributed by atoms with E-state index in [4.69, 9.17) is 5.73 Å². The molecule has 13 heavy (non-hydrogen) atoms. The van der Waals surface area contributed by atoms with E-state index < -0.39 is 0 Å². The third kappa shape index (κ3) is 4.63. The molecular weight excluding hydrogens is 160 g/mol. The largest absolute Gasteiger partial charge is 0.330 e. The average Bonchev–Trinajstić information content (AvgIpc) is 2.09. The summed E-state index contributed by atoms with van der Waals surface area (Å²) in [7, 11) is 0. The third-order valence-electron chi connectivity index (χ3n) is 2.92. The molecule has 2 heteroatoms. The van der Waals surface area contributed by atoms with Crippen molar-refractivity contribution in [3.8, 4) is 0 Å². The Balaban J connectivity index is 2.23. The molecule has 0 saturated carbocycles. The van der Waals surface area contributed by atoms with Gasteiger partial charge in [0.15, 0.2) is 0 Å². The number of nitrogens with two attached hydrogens (primary N) is 1. The SMILES string of the molecule is CC1CCCCCN(CCCN)C1. The molecule has 0 aromatic rings. The summed E-state index contributed by atoms with van der Waals surface area (Å²) in [5.74, 6) is 0.887. The summed E-state index contributed by atoms with van der Waals surface area (Å²) in [5.41, 5.74) is 5.52. The molecule has 2 nitrogen and oxygen atoms in total. The molecule has 0 aliphatic carbocycles. The van der Waals surface area contributed by atoms with Crippen molar-refractivity contribution >= 4 is 0 Å². The predicted octanol–water partition coefficient (Wildman–Crippen LogP) is 1.85. The number of rotatable bonds is 3. The Bertz CT molecular complexity index is 123. The van der Waals surface area contributed by atoms with E-state index in [9.17, 15) is 0 Å². The third-order valence-corrected chi connectivity index (χ3v) is 2.92. The first kappa shape index (κ1) is 11.0. The fraction of sp³-hybridized carbons (Fsp3) is 1.00. The van der Waals surface area contributed by atoms with E-state index in [0.29, 0.717) is 0 Å². The summed E-state index contributed by atoms with van der Waals surface area (Å²) in [4.78, 5) is 2.59. The average molecular weight is 184 g/mol. The summed E-state index contributed by atoms with van der Waals surface area (Å²) in [5, 5.41) is 0. The van der Waals surface area contributed by atoms with Gasteiger partial charge in [-0.2, -0.15) is 0 Å². The van der Waals surface area contributed by atoms with Crippen LogP contribution in [0.4, 0.5) is 0 Å². The molecule has 1 fully saturated rings. The fourth-order valence-corrected chi connectivity index (χ4v) is 2.15. The van der Waals surface area contributed by atoms with E-state index in [1.807, 2.05) is 0 Å². The van der Waals surface area contributed by atoms with Crippen LogP contribution in [0.15, 0.2) is 0 Å². The van der Waals surface area contributed by atoms with Crippen LogP contribution in [0.1, 0.15) is 39.0 Å². The second-order valence-electron chi connectivity index (χ2n) is 4.40. The van der Waals surface area contributed by atoms with Gasteiger partial charge in [0.1, 0.15) is 0 Å². The first-order chi connectivity index (χ1) is 6.33. The van der Waals surface area contributed by atoms with Crippen molar-refractivity contribution < 1.29 is 0 Å². The summed E-state index contributed by atoms with van der Waals surface area (Å²) >= 11 is 0. The quantitative estimate of drug-likeness (QED) is 0.725. The first-order valence-corrected chi connectivity index (χ1v) is 5.75. The molecule has 0 aromatic carbocycles. The molecule has 2 N–H and O–H groups in total. The van der Waals surface area contributed by atoms with Gasteiger partial charge in [-0.05, 0) is 44.8 Å². The minimum Gasteiger partial charge on any atom is -0.330 e. The molecule has 1 unspecified atom stereocenters. The molecule has 0 spiro atoms. The van der Waals surface area contributed by atoms with Gasteiger partial charge in [-0.15, -0.1) is 0 Å². The minimum atomic E-state index is 0.838. The Morgan fingerprint density at radius 2 is 2.15 bits per heavy atom. The molecule has 1 heterocycles. The normalized spacial score (nSPS) is 26.8. The molecular formula is C11H24N2. The van der Waals surface area contributed by atoms with Crippen LogP contribution in [0.3, 0.4) is 0 Å². The van der Waals surface area contributed by atoms with E-state index in [0.717, 1.165) is 18.9 Å². The van der Waals surface area contributed by atoms with Gasteiger partial charge in [0.25, 0.3) is 0 Å². The number of hydrogen-bond acceptors (Lipinski definition) is 2. The molecule has 1 aliphatic heterocycles. The Hall–Kier alpha value is -0.0800. The summed E-state index contributed by atoms with van der Waals surface area (Å²) in [6.07, 6.45) is 6.82. The number of likely N-dealkylation sites (tertiary alicyclic amines) is 1. The molecule has 1 aliphatic rings. The Morgan fingerprint density at radius 1 is 1.31 bits per heavy atom. The molecule has 1 saturated heterocycles. The Kier molecular flexibility index (Phi) is 5.40. The maximum Gasteiger partial charge on any atom is 0.000703 e. The standard InChI is InChI=1S/C11H24N2/c1-11-6-3-2-4-8-13(10-11)9-5-7-12/h11H,2-10,12H2,1H3. The van der Waals surface area contributed by atoms with E-state index in [1.54, 1.807) is 0 Å². The van der Waals surface area contributed by atoms with E-state index in [1.165, 1.54) is 45.3 Å². The number of nitrogens with zero attached hydrogens (tertiary/aromatic N) is 1. The predicted molar refractivity (Wildman–Crippen MR) is 57.7 cm³/mol. The highest BCUT2D eigenvalue weighted by Gasteiger charge is 2.12. The molecule has 0 amide bonds. The van der Waals surface area contributed by atoms with Crippen LogP contribution in [-0.2, 0) is 0 Å². The van der Waals surface area contributed by atoms with Crippen molar-refractivity contribution in [2.24, 2.45) is 11.7 Å².